The summed E-state index contributed by atoms with van der Waals surface area (Å²) in [4.78, 5) is 13.5. The maximum absolute atomic E-state index is 12.9. The van der Waals surface area contributed by atoms with Crippen molar-refractivity contribution in [3.63, 3.8) is 0 Å². The Balaban J connectivity index is 2.22. The fourth-order valence-corrected chi connectivity index (χ4v) is 1.89. The van der Waals surface area contributed by atoms with E-state index in [0.29, 0.717) is 6.42 Å². The molecule has 0 aliphatic heterocycles. The van der Waals surface area contributed by atoms with E-state index in [-0.39, 0.29) is 11.6 Å². The number of hydrogen-bond acceptors (Lipinski definition) is 2. The largest absolute Gasteiger partial charge is 0.345 e. The SMILES string of the molecule is CCC(=O)c1ccc(N(C)c2ccc(F)cc2)cc1. The lowest BCUT2D eigenvalue weighted by molar-refractivity contribution is 0.0988. The van der Waals surface area contributed by atoms with E-state index in [0.717, 1.165) is 16.9 Å². The molecule has 0 bridgehead atoms. The number of halogens is 1. The van der Waals surface area contributed by atoms with Gasteiger partial charge in [-0.05, 0) is 48.5 Å². The standard InChI is InChI=1S/C16H16FNO/c1-3-16(19)12-4-8-14(9-5-12)18(2)15-10-6-13(17)7-11-15/h4-11H,3H2,1-2H3. The van der Waals surface area contributed by atoms with Crippen LogP contribution in [-0.4, -0.2) is 12.8 Å². The number of rotatable bonds is 4. The number of carbonyl (C=O) groups excluding carboxylic acids is 1. The minimum absolute atomic E-state index is 0.135. The van der Waals surface area contributed by atoms with Gasteiger partial charge in [0.1, 0.15) is 5.82 Å². The van der Waals surface area contributed by atoms with E-state index in [1.807, 2.05) is 43.1 Å². The molecular formula is C16H16FNO. The van der Waals surface area contributed by atoms with Crippen molar-refractivity contribution in [1.82, 2.24) is 0 Å². The molecule has 0 amide bonds. The van der Waals surface area contributed by atoms with Crippen molar-refractivity contribution in [3.8, 4) is 0 Å². The highest BCUT2D eigenvalue weighted by molar-refractivity contribution is 5.96. The molecular weight excluding hydrogens is 241 g/mol. The first-order valence-electron chi connectivity index (χ1n) is 6.24. The summed E-state index contributed by atoms with van der Waals surface area (Å²) in [6.07, 6.45) is 0.507. The summed E-state index contributed by atoms with van der Waals surface area (Å²) in [5.74, 6) is -0.114. The van der Waals surface area contributed by atoms with E-state index < -0.39 is 0 Å². The summed E-state index contributed by atoms with van der Waals surface area (Å²) in [6, 6.07) is 13.7. The monoisotopic (exact) mass is 257 g/mol. The van der Waals surface area contributed by atoms with Crippen molar-refractivity contribution in [2.45, 2.75) is 13.3 Å². The molecule has 0 saturated carbocycles. The third-order valence-electron chi connectivity index (χ3n) is 3.11. The summed E-state index contributed by atoms with van der Waals surface area (Å²) < 4.78 is 12.9. The lowest BCUT2D eigenvalue weighted by Gasteiger charge is -2.19. The number of ketones is 1. The van der Waals surface area contributed by atoms with Crippen LogP contribution < -0.4 is 4.90 Å². The first-order chi connectivity index (χ1) is 9.11. The predicted molar refractivity (Wildman–Crippen MR) is 75.5 cm³/mol. The van der Waals surface area contributed by atoms with Gasteiger partial charge >= 0.3 is 0 Å². The summed E-state index contributed by atoms with van der Waals surface area (Å²) >= 11 is 0. The fourth-order valence-electron chi connectivity index (χ4n) is 1.89. The molecule has 0 radical (unpaired) electrons. The second-order valence-corrected chi connectivity index (χ2v) is 4.36. The Bertz CT molecular complexity index is 560. The van der Waals surface area contributed by atoms with Crippen LogP contribution >= 0.6 is 0 Å². The van der Waals surface area contributed by atoms with Crippen molar-refractivity contribution in [2.24, 2.45) is 0 Å². The topological polar surface area (TPSA) is 20.3 Å². The molecule has 0 unspecified atom stereocenters. The minimum Gasteiger partial charge on any atom is -0.345 e. The van der Waals surface area contributed by atoms with Crippen LogP contribution in [-0.2, 0) is 0 Å². The summed E-state index contributed by atoms with van der Waals surface area (Å²) in [6.45, 7) is 1.85. The predicted octanol–water partition coefficient (Wildman–Crippen LogP) is 4.19. The first kappa shape index (κ1) is 13.3. The molecule has 0 aliphatic carbocycles. The van der Waals surface area contributed by atoms with Crippen molar-refractivity contribution >= 4 is 17.2 Å². The van der Waals surface area contributed by atoms with Gasteiger partial charge in [-0.15, -0.1) is 0 Å². The average molecular weight is 257 g/mol. The Hall–Kier alpha value is -2.16. The van der Waals surface area contributed by atoms with E-state index in [1.165, 1.54) is 12.1 Å². The highest BCUT2D eigenvalue weighted by Crippen LogP contribution is 2.24. The number of carbonyl (C=O) groups is 1. The molecule has 98 valence electrons. The molecule has 2 nitrogen and oxygen atoms in total. The molecule has 0 atom stereocenters. The minimum atomic E-state index is -0.249. The van der Waals surface area contributed by atoms with Crippen LogP contribution in [0.15, 0.2) is 48.5 Å². The summed E-state index contributed by atoms with van der Waals surface area (Å²) in [5.41, 5.74) is 2.58. The average Bonchev–Trinajstić information content (AvgIpc) is 2.46. The molecule has 2 rings (SSSR count). The zero-order valence-corrected chi connectivity index (χ0v) is 11.1. The van der Waals surface area contributed by atoms with Crippen LogP contribution in [0, 0.1) is 5.82 Å². The molecule has 0 aliphatic rings. The Kier molecular flexibility index (Phi) is 3.95. The maximum atomic E-state index is 12.9. The van der Waals surface area contributed by atoms with Gasteiger partial charge in [0.2, 0.25) is 0 Å². The van der Waals surface area contributed by atoms with Crippen LogP contribution in [0.1, 0.15) is 23.7 Å². The molecule has 2 aromatic rings. The molecule has 0 fully saturated rings. The number of benzene rings is 2. The second-order valence-electron chi connectivity index (χ2n) is 4.36. The molecule has 3 heteroatoms. The normalized spacial score (nSPS) is 10.3. The molecule has 0 spiro atoms. The summed E-state index contributed by atoms with van der Waals surface area (Å²) in [5, 5.41) is 0. The Morgan fingerprint density at radius 1 is 1.00 bits per heavy atom. The van der Waals surface area contributed by atoms with Crippen molar-refractivity contribution < 1.29 is 9.18 Å². The molecule has 0 saturated heterocycles. The van der Waals surface area contributed by atoms with Crippen molar-refractivity contribution in [3.05, 3.63) is 59.9 Å². The van der Waals surface area contributed by atoms with E-state index in [1.54, 1.807) is 12.1 Å². The molecule has 0 aromatic heterocycles. The quantitative estimate of drug-likeness (QED) is 0.765. The molecule has 0 heterocycles. The lowest BCUT2D eigenvalue weighted by Crippen LogP contribution is -2.09. The lowest BCUT2D eigenvalue weighted by atomic mass is 10.1. The van der Waals surface area contributed by atoms with Gasteiger partial charge in [0.25, 0.3) is 0 Å². The highest BCUT2D eigenvalue weighted by Gasteiger charge is 2.06. The summed E-state index contributed by atoms with van der Waals surface area (Å²) in [7, 11) is 1.91. The van der Waals surface area contributed by atoms with Gasteiger partial charge in [0, 0.05) is 30.4 Å². The van der Waals surface area contributed by atoms with E-state index in [4.69, 9.17) is 0 Å². The molecule has 0 N–H and O–H groups in total. The van der Waals surface area contributed by atoms with Crippen LogP contribution in [0.3, 0.4) is 0 Å². The van der Waals surface area contributed by atoms with Gasteiger partial charge in [-0.1, -0.05) is 6.92 Å². The fraction of sp³-hybridized carbons (Fsp3) is 0.188. The van der Waals surface area contributed by atoms with Gasteiger partial charge in [0.05, 0.1) is 0 Å². The zero-order chi connectivity index (χ0) is 13.8. The zero-order valence-electron chi connectivity index (χ0n) is 11.1. The number of hydrogen-bond donors (Lipinski definition) is 0. The number of nitrogens with zero attached hydrogens (tertiary/aromatic N) is 1. The van der Waals surface area contributed by atoms with Crippen LogP contribution in [0.4, 0.5) is 15.8 Å². The van der Waals surface area contributed by atoms with Crippen molar-refractivity contribution in [1.29, 1.82) is 0 Å². The van der Waals surface area contributed by atoms with Crippen LogP contribution in [0.2, 0.25) is 0 Å². The number of anilines is 2. The van der Waals surface area contributed by atoms with E-state index >= 15 is 0 Å². The van der Waals surface area contributed by atoms with Gasteiger partial charge in [-0.3, -0.25) is 4.79 Å². The van der Waals surface area contributed by atoms with Crippen LogP contribution in [0.5, 0.6) is 0 Å². The van der Waals surface area contributed by atoms with Crippen molar-refractivity contribution in [2.75, 3.05) is 11.9 Å². The third kappa shape index (κ3) is 2.99. The Labute approximate surface area is 112 Å². The van der Waals surface area contributed by atoms with E-state index in [2.05, 4.69) is 0 Å². The van der Waals surface area contributed by atoms with Gasteiger partial charge in [-0.2, -0.15) is 0 Å². The van der Waals surface area contributed by atoms with Crippen LogP contribution in [0.25, 0.3) is 0 Å². The van der Waals surface area contributed by atoms with Gasteiger partial charge in [-0.25, -0.2) is 4.39 Å². The second kappa shape index (κ2) is 5.65. The van der Waals surface area contributed by atoms with Gasteiger partial charge < -0.3 is 4.90 Å². The first-order valence-corrected chi connectivity index (χ1v) is 6.24. The maximum Gasteiger partial charge on any atom is 0.162 e. The van der Waals surface area contributed by atoms with E-state index in [9.17, 15) is 9.18 Å². The number of Topliss-reactive ketones (excluding diaryl/α,β-unsaturated/α-hetero) is 1. The Morgan fingerprint density at radius 3 is 1.95 bits per heavy atom. The molecule has 2 aromatic carbocycles. The van der Waals surface area contributed by atoms with Gasteiger partial charge in [0.15, 0.2) is 5.78 Å². The third-order valence-corrected chi connectivity index (χ3v) is 3.11. The Morgan fingerprint density at radius 2 is 1.47 bits per heavy atom. The molecule has 19 heavy (non-hydrogen) atoms. The highest BCUT2D eigenvalue weighted by atomic mass is 19.1. The smallest absolute Gasteiger partial charge is 0.162 e.